The monoisotopic (exact) mass is 242 g/mol. The van der Waals surface area contributed by atoms with Crippen molar-refractivity contribution in [1.29, 1.82) is 0 Å². The van der Waals surface area contributed by atoms with E-state index < -0.39 is 9.90 Å². The zero-order chi connectivity index (χ0) is 10.1. The van der Waals surface area contributed by atoms with Gasteiger partial charge in [0.05, 0.1) is 6.20 Å². The Morgan fingerprint density at radius 2 is 2.23 bits per heavy atom. The van der Waals surface area contributed by atoms with Gasteiger partial charge in [-0.05, 0) is 6.92 Å². The molecule has 6 heteroatoms. The summed E-state index contributed by atoms with van der Waals surface area (Å²) in [5.41, 5.74) is 0.502. The minimum absolute atomic E-state index is 0.502. The van der Waals surface area contributed by atoms with E-state index in [9.17, 15) is 5.11 Å². The van der Waals surface area contributed by atoms with Gasteiger partial charge in [-0.2, -0.15) is 5.10 Å². The van der Waals surface area contributed by atoms with Crippen LogP contribution >= 0.6 is 34.8 Å². The molecule has 0 saturated heterocycles. The van der Waals surface area contributed by atoms with Crippen LogP contribution in [-0.2, 0) is 6.54 Å². The fraction of sp³-hybridized carbons (Fsp3) is 0.571. The highest BCUT2D eigenvalue weighted by molar-refractivity contribution is 6.67. The number of hydrogen-bond acceptors (Lipinski definition) is 2. The van der Waals surface area contributed by atoms with Crippen molar-refractivity contribution >= 4 is 34.8 Å². The summed E-state index contributed by atoms with van der Waals surface area (Å²) in [5, 5.41) is 13.5. The van der Waals surface area contributed by atoms with Crippen LogP contribution in [0.2, 0.25) is 0 Å². The lowest BCUT2D eigenvalue weighted by molar-refractivity contribution is 0.182. The summed E-state index contributed by atoms with van der Waals surface area (Å²) >= 11 is 16.5. The number of rotatable bonds is 2. The van der Waals surface area contributed by atoms with Crippen LogP contribution in [0, 0.1) is 0 Å². The molecular formula is C7H9Cl3N2O. The average Bonchev–Trinajstić information content (AvgIpc) is 2.48. The van der Waals surface area contributed by atoms with Crippen LogP contribution in [-0.4, -0.2) is 18.7 Å². The van der Waals surface area contributed by atoms with Gasteiger partial charge in [0.1, 0.15) is 6.10 Å². The summed E-state index contributed by atoms with van der Waals surface area (Å²) < 4.78 is -0.0590. The minimum Gasteiger partial charge on any atom is -0.384 e. The first-order valence-electron chi connectivity index (χ1n) is 3.72. The normalized spacial score (nSPS) is 14.5. The van der Waals surface area contributed by atoms with Gasteiger partial charge in [-0.15, -0.1) is 0 Å². The molecule has 0 aliphatic rings. The largest absolute Gasteiger partial charge is 0.384 e. The second-order valence-corrected chi connectivity index (χ2v) is 4.94. The third kappa shape index (κ3) is 2.74. The topological polar surface area (TPSA) is 38.0 Å². The molecule has 74 valence electrons. The molecule has 0 aliphatic heterocycles. The first-order valence-corrected chi connectivity index (χ1v) is 4.85. The smallest absolute Gasteiger partial charge is 0.220 e. The second kappa shape index (κ2) is 4.05. The van der Waals surface area contributed by atoms with Gasteiger partial charge in [-0.3, -0.25) is 4.68 Å². The Balaban J connectivity index is 2.83. The number of hydrogen-bond donors (Lipinski definition) is 1. The Labute approximate surface area is 91.2 Å². The molecule has 1 atom stereocenters. The van der Waals surface area contributed by atoms with Crippen molar-refractivity contribution in [3.8, 4) is 0 Å². The van der Waals surface area contributed by atoms with Crippen LogP contribution in [0.15, 0.2) is 12.4 Å². The molecule has 0 amide bonds. The fourth-order valence-corrected chi connectivity index (χ4v) is 1.26. The summed E-state index contributed by atoms with van der Waals surface area (Å²) in [5.74, 6) is 0. The van der Waals surface area contributed by atoms with Gasteiger partial charge < -0.3 is 5.11 Å². The van der Waals surface area contributed by atoms with Crippen molar-refractivity contribution < 1.29 is 5.11 Å². The zero-order valence-electron chi connectivity index (χ0n) is 6.91. The molecule has 1 rings (SSSR count). The van der Waals surface area contributed by atoms with E-state index in [-0.39, 0.29) is 0 Å². The summed E-state index contributed by atoms with van der Waals surface area (Å²) in [4.78, 5) is 0. The Bertz CT molecular complexity index is 282. The molecule has 1 N–H and O–H groups in total. The quantitative estimate of drug-likeness (QED) is 0.810. The van der Waals surface area contributed by atoms with Gasteiger partial charge >= 0.3 is 0 Å². The van der Waals surface area contributed by atoms with Crippen LogP contribution in [0.25, 0.3) is 0 Å². The number of aromatic nitrogens is 2. The van der Waals surface area contributed by atoms with Crippen molar-refractivity contribution in [2.45, 2.75) is 23.4 Å². The van der Waals surface area contributed by atoms with Crippen molar-refractivity contribution in [3.63, 3.8) is 0 Å². The standard InChI is InChI=1S/C7H9Cl3N2O/c1-2-12-4-5(3-11-12)6(13)7(8,9)10/h3-4,6,13H,2H2,1H3/t6-/m1/s1. The van der Waals surface area contributed by atoms with E-state index in [2.05, 4.69) is 5.10 Å². The van der Waals surface area contributed by atoms with Crippen LogP contribution in [0.1, 0.15) is 18.6 Å². The lowest BCUT2D eigenvalue weighted by Crippen LogP contribution is -2.15. The van der Waals surface area contributed by atoms with E-state index in [1.807, 2.05) is 6.92 Å². The van der Waals surface area contributed by atoms with E-state index in [1.54, 1.807) is 10.9 Å². The number of nitrogens with zero attached hydrogens (tertiary/aromatic N) is 2. The van der Waals surface area contributed by atoms with Crippen molar-refractivity contribution in [2.75, 3.05) is 0 Å². The summed E-state index contributed by atoms with van der Waals surface area (Å²) in [6.45, 7) is 2.64. The summed E-state index contributed by atoms with van der Waals surface area (Å²) in [6, 6.07) is 0. The number of aryl methyl sites for hydroxylation is 1. The van der Waals surface area contributed by atoms with E-state index in [1.165, 1.54) is 6.20 Å². The number of halogens is 3. The molecule has 0 aliphatic carbocycles. The first kappa shape index (κ1) is 11.1. The van der Waals surface area contributed by atoms with Crippen LogP contribution in [0.4, 0.5) is 0 Å². The van der Waals surface area contributed by atoms with Gasteiger partial charge in [-0.1, -0.05) is 34.8 Å². The molecule has 0 saturated carbocycles. The molecule has 0 spiro atoms. The van der Waals surface area contributed by atoms with E-state index in [0.29, 0.717) is 12.1 Å². The fourth-order valence-electron chi connectivity index (χ4n) is 0.883. The molecule has 0 radical (unpaired) electrons. The lowest BCUT2D eigenvalue weighted by atomic mass is 10.2. The maximum Gasteiger partial charge on any atom is 0.220 e. The summed E-state index contributed by atoms with van der Waals surface area (Å²) in [7, 11) is 0. The van der Waals surface area contributed by atoms with Crippen LogP contribution in [0.3, 0.4) is 0 Å². The van der Waals surface area contributed by atoms with Gasteiger partial charge in [0, 0.05) is 18.3 Å². The molecule has 13 heavy (non-hydrogen) atoms. The zero-order valence-corrected chi connectivity index (χ0v) is 9.18. The number of alkyl halides is 3. The molecule has 1 aromatic rings. The maximum absolute atomic E-state index is 9.52. The summed E-state index contributed by atoms with van der Waals surface area (Å²) in [6.07, 6.45) is 1.99. The lowest BCUT2D eigenvalue weighted by Gasteiger charge is -2.16. The second-order valence-electron chi connectivity index (χ2n) is 2.57. The highest BCUT2D eigenvalue weighted by Gasteiger charge is 2.32. The molecule has 0 bridgehead atoms. The average molecular weight is 244 g/mol. The Morgan fingerprint density at radius 3 is 2.62 bits per heavy atom. The highest BCUT2D eigenvalue weighted by atomic mass is 35.6. The molecule has 0 unspecified atom stereocenters. The minimum atomic E-state index is -1.71. The third-order valence-corrected chi connectivity index (χ3v) is 2.22. The maximum atomic E-state index is 9.52. The van der Waals surface area contributed by atoms with Gasteiger partial charge in [0.15, 0.2) is 0 Å². The Kier molecular flexibility index (Phi) is 3.46. The van der Waals surface area contributed by atoms with Crippen LogP contribution in [0.5, 0.6) is 0 Å². The highest BCUT2D eigenvalue weighted by Crippen LogP contribution is 2.39. The Morgan fingerprint density at radius 1 is 1.62 bits per heavy atom. The van der Waals surface area contributed by atoms with E-state index >= 15 is 0 Å². The van der Waals surface area contributed by atoms with Crippen molar-refractivity contribution in [1.82, 2.24) is 9.78 Å². The molecule has 1 heterocycles. The van der Waals surface area contributed by atoms with Gasteiger partial charge in [0.2, 0.25) is 3.79 Å². The van der Waals surface area contributed by atoms with E-state index in [0.717, 1.165) is 0 Å². The molecule has 3 nitrogen and oxygen atoms in total. The van der Waals surface area contributed by atoms with Crippen LogP contribution < -0.4 is 0 Å². The van der Waals surface area contributed by atoms with Gasteiger partial charge in [0.25, 0.3) is 0 Å². The molecule has 1 aromatic heterocycles. The molecule has 0 aromatic carbocycles. The molecular weight excluding hydrogens is 234 g/mol. The van der Waals surface area contributed by atoms with Gasteiger partial charge in [-0.25, -0.2) is 0 Å². The Hall–Kier alpha value is 0.0400. The molecule has 0 fully saturated rings. The first-order chi connectivity index (χ1) is 5.95. The predicted octanol–water partition coefficient (Wildman–Crippen LogP) is 2.31. The van der Waals surface area contributed by atoms with E-state index in [4.69, 9.17) is 34.8 Å². The number of aliphatic hydroxyl groups excluding tert-OH is 1. The van der Waals surface area contributed by atoms with Crippen molar-refractivity contribution in [3.05, 3.63) is 18.0 Å². The number of aliphatic hydroxyl groups is 1. The van der Waals surface area contributed by atoms with Crippen molar-refractivity contribution in [2.24, 2.45) is 0 Å². The third-order valence-electron chi connectivity index (χ3n) is 1.60. The SMILES string of the molecule is CCn1cc([C@@H](O)C(Cl)(Cl)Cl)cn1. The predicted molar refractivity (Wildman–Crippen MR) is 53.2 cm³/mol.